The Bertz CT molecular complexity index is 713. The first-order valence-electron chi connectivity index (χ1n) is 6.31. The quantitative estimate of drug-likeness (QED) is 0.732. The Labute approximate surface area is 126 Å². The second kappa shape index (κ2) is 5.38. The molecule has 0 aliphatic carbocycles. The van der Waals surface area contributed by atoms with Crippen LogP contribution in [0, 0.1) is 0 Å². The van der Waals surface area contributed by atoms with Crippen LogP contribution in [-0.2, 0) is 5.54 Å². The minimum Gasteiger partial charge on any atom is -0.358 e. The van der Waals surface area contributed by atoms with E-state index in [0.717, 1.165) is 21.6 Å². The van der Waals surface area contributed by atoms with Crippen molar-refractivity contribution in [2.24, 2.45) is 0 Å². The van der Waals surface area contributed by atoms with E-state index in [1.165, 1.54) is 0 Å². The van der Waals surface area contributed by atoms with Gasteiger partial charge in [-0.2, -0.15) is 0 Å². The van der Waals surface area contributed by atoms with Gasteiger partial charge in [0.25, 0.3) is 0 Å². The Kier molecular flexibility index (Phi) is 3.59. The van der Waals surface area contributed by atoms with E-state index in [9.17, 15) is 0 Å². The molecule has 0 aliphatic heterocycles. The van der Waals surface area contributed by atoms with Crippen molar-refractivity contribution in [1.29, 1.82) is 0 Å². The van der Waals surface area contributed by atoms with Gasteiger partial charge in [-0.3, -0.25) is 0 Å². The fourth-order valence-corrected chi connectivity index (χ4v) is 3.14. The minimum atomic E-state index is -0.367. The van der Waals surface area contributed by atoms with Crippen molar-refractivity contribution < 1.29 is 0 Å². The van der Waals surface area contributed by atoms with Crippen LogP contribution in [0.2, 0.25) is 0 Å². The lowest BCUT2D eigenvalue weighted by atomic mass is 9.94. The van der Waals surface area contributed by atoms with Gasteiger partial charge in [-0.1, -0.05) is 30.3 Å². The molecule has 1 N–H and O–H groups in total. The van der Waals surface area contributed by atoms with Crippen LogP contribution in [0.5, 0.6) is 0 Å². The maximum Gasteiger partial charge on any atom is 0.148 e. The molecule has 3 aromatic rings. The van der Waals surface area contributed by atoms with Crippen molar-refractivity contribution in [1.82, 2.24) is 9.97 Å². The Morgan fingerprint density at radius 1 is 1.20 bits per heavy atom. The normalized spacial score (nSPS) is 14.1. The zero-order valence-electron chi connectivity index (χ0n) is 11.0. The van der Waals surface area contributed by atoms with Crippen molar-refractivity contribution in [2.45, 2.75) is 12.5 Å². The van der Waals surface area contributed by atoms with Gasteiger partial charge in [0, 0.05) is 5.88 Å². The summed E-state index contributed by atoms with van der Waals surface area (Å²) in [5.74, 6) is 1.28. The van der Waals surface area contributed by atoms with Crippen molar-refractivity contribution in [3.05, 3.63) is 53.7 Å². The molecule has 5 heteroatoms. The largest absolute Gasteiger partial charge is 0.358 e. The topological polar surface area (TPSA) is 37.8 Å². The van der Waals surface area contributed by atoms with Crippen LogP contribution < -0.4 is 5.32 Å². The van der Waals surface area contributed by atoms with Gasteiger partial charge in [-0.15, -0.1) is 22.9 Å². The van der Waals surface area contributed by atoms with Crippen LogP contribution in [0.15, 0.2) is 48.1 Å². The highest BCUT2D eigenvalue weighted by Crippen LogP contribution is 2.31. The third kappa shape index (κ3) is 2.37. The van der Waals surface area contributed by atoms with Gasteiger partial charge >= 0.3 is 0 Å². The molecule has 1 aromatic carbocycles. The zero-order valence-corrected chi connectivity index (χ0v) is 12.6. The highest BCUT2D eigenvalue weighted by molar-refractivity contribution is 7.17. The Hall–Kier alpha value is -1.65. The molecule has 0 radical (unpaired) electrons. The summed E-state index contributed by atoms with van der Waals surface area (Å²) in [5.41, 5.74) is 1.73. The number of nitrogens with one attached hydrogen (secondary N) is 1. The average molecular weight is 304 g/mol. The molecule has 0 saturated carbocycles. The molecule has 0 spiro atoms. The summed E-state index contributed by atoms with van der Waals surface area (Å²) in [7, 11) is 0. The van der Waals surface area contributed by atoms with Gasteiger partial charge in [0.1, 0.15) is 12.1 Å². The molecule has 2 heterocycles. The number of anilines is 1. The molecular weight excluding hydrogens is 290 g/mol. The highest BCUT2D eigenvalue weighted by Gasteiger charge is 2.26. The summed E-state index contributed by atoms with van der Waals surface area (Å²) in [6.07, 6.45) is 1.58. The lowest BCUT2D eigenvalue weighted by Gasteiger charge is -2.30. The third-order valence-electron chi connectivity index (χ3n) is 3.32. The van der Waals surface area contributed by atoms with Gasteiger partial charge in [-0.25, -0.2) is 9.97 Å². The second-order valence-electron chi connectivity index (χ2n) is 4.81. The molecule has 0 aliphatic rings. The van der Waals surface area contributed by atoms with E-state index in [-0.39, 0.29) is 5.54 Å². The fraction of sp³-hybridized carbons (Fsp3) is 0.200. The lowest BCUT2D eigenvalue weighted by Crippen LogP contribution is -2.34. The van der Waals surface area contributed by atoms with Crippen LogP contribution in [0.25, 0.3) is 10.2 Å². The van der Waals surface area contributed by atoms with Crippen LogP contribution >= 0.6 is 22.9 Å². The highest BCUT2D eigenvalue weighted by atomic mass is 35.5. The van der Waals surface area contributed by atoms with Gasteiger partial charge in [0.05, 0.1) is 15.8 Å². The van der Waals surface area contributed by atoms with E-state index in [4.69, 9.17) is 11.6 Å². The van der Waals surface area contributed by atoms with E-state index in [1.54, 1.807) is 17.7 Å². The van der Waals surface area contributed by atoms with E-state index < -0.39 is 0 Å². The first-order chi connectivity index (χ1) is 9.73. The predicted molar refractivity (Wildman–Crippen MR) is 85.6 cm³/mol. The first-order valence-corrected chi connectivity index (χ1v) is 7.72. The molecule has 0 fully saturated rings. The maximum atomic E-state index is 6.22. The fourth-order valence-electron chi connectivity index (χ4n) is 2.13. The number of halogens is 1. The molecule has 1 atom stereocenters. The Morgan fingerprint density at radius 2 is 2.00 bits per heavy atom. The SMILES string of the molecule is CC(CCl)(Nc1ncnc2ccsc12)c1ccccc1. The molecule has 3 nitrogen and oxygen atoms in total. The third-order valence-corrected chi connectivity index (χ3v) is 4.76. The number of hydrogen-bond acceptors (Lipinski definition) is 4. The molecule has 0 bridgehead atoms. The number of nitrogens with zero attached hydrogens (tertiary/aromatic N) is 2. The molecule has 3 rings (SSSR count). The summed E-state index contributed by atoms with van der Waals surface area (Å²) >= 11 is 7.85. The summed E-state index contributed by atoms with van der Waals surface area (Å²) in [5, 5.41) is 5.50. The molecule has 1 unspecified atom stereocenters. The van der Waals surface area contributed by atoms with Crippen molar-refractivity contribution >= 4 is 39.0 Å². The average Bonchev–Trinajstić information content (AvgIpc) is 2.98. The molecule has 20 heavy (non-hydrogen) atoms. The van der Waals surface area contributed by atoms with Crippen LogP contribution in [0.4, 0.5) is 5.82 Å². The van der Waals surface area contributed by atoms with Gasteiger partial charge in [-0.05, 0) is 23.9 Å². The number of rotatable bonds is 4. The number of aromatic nitrogens is 2. The minimum absolute atomic E-state index is 0.367. The van der Waals surface area contributed by atoms with Crippen molar-refractivity contribution in [3.8, 4) is 0 Å². The molecule has 0 saturated heterocycles. The Morgan fingerprint density at radius 3 is 2.75 bits per heavy atom. The number of fused-ring (bicyclic) bond motifs is 1. The van der Waals surface area contributed by atoms with Crippen molar-refractivity contribution in [3.63, 3.8) is 0 Å². The lowest BCUT2D eigenvalue weighted by molar-refractivity contribution is 0.615. The second-order valence-corrected chi connectivity index (χ2v) is 6.00. The number of benzene rings is 1. The summed E-state index contributed by atoms with van der Waals surface area (Å²) in [4.78, 5) is 8.62. The number of alkyl halides is 1. The molecule has 0 amide bonds. The van der Waals surface area contributed by atoms with Gasteiger partial charge in [0.2, 0.25) is 0 Å². The summed E-state index contributed by atoms with van der Waals surface area (Å²) < 4.78 is 1.06. The predicted octanol–water partition coefficient (Wildman–Crippen LogP) is 4.26. The molecule has 2 aromatic heterocycles. The number of hydrogen-bond donors (Lipinski definition) is 1. The van der Waals surface area contributed by atoms with Gasteiger partial charge < -0.3 is 5.32 Å². The van der Waals surface area contributed by atoms with Crippen LogP contribution in [0.3, 0.4) is 0 Å². The summed E-state index contributed by atoms with van der Waals surface area (Å²) in [6, 6.07) is 12.2. The smallest absolute Gasteiger partial charge is 0.148 e. The van der Waals surface area contributed by atoms with E-state index in [2.05, 4.69) is 34.3 Å². The van der Waals surface area contributed by atoms with Gasteiger partial charge in [0.15, 0.2) is 0 Å². The standard InChI is InChI=1S/C15H14ClN3S/c1-15(9-16,11-5-3-2-4-6-11)19-14-13-12(7-8-20-13)17-10-18-14/h2-8,10H,9H2,1H3,(H,17,18,19). The van der Waals surface area contributed by atoms with Crippen LogP contribution in [-0.4, -0.2) is 15.8 Å². The zero-order chi connectivity index (χ0) is 14.0. The monoisotopic (exact) mass is 303 g/mol. The number of thiophene rings is 1. The van der Waals surface area contributed by atoms with Crippen molar-refractivity contribution in [2.75, 3.05) is 11.2 Å². The van der Waals surface area contributed by atoms with E-state index in [0.29, 0.717) is 5.88 Å². The molecular formula is C15H14ClN3S. The van der Waals surface area contributed by atoms with E-state index in [1.807, 2.05) is 29.6 Å². The van der Waals surface area contributed by atoms with E-state index >= 15 is 0 Å². The molecule has 102 valence electrons. The summed E-state index contributed by atoms with van der Waals surface area (Å²) in [6.45, 7) is 2.08. The maximum absolute atomic E-state index is 6.22. The Balaban J connectivity index is 2.01. The van der Waals surface area contributed by atoms with Crippen LogP contribution in [0.1, 0.15) is 12.5 Å². The first kappa shape index (κ1) is 13.3.